The average molecular weight is 307 g/mol. The summed E-state index contributed by atoms with van der Waals surface area (Å²) in [6.45, 7) is 8.48. The van der Waals surface area contributed by atoms with Gasteiger partial charge >= 0.3 is 0 Å². The smallest absolute Gasteiger partial charge is 0.194 e. The van der Waals surface area contributed by atoms with E-state index in [2.05, 4.69) is 30.2 Å². The lowest BCUT2D eigenvalue weighted by Crippen LogP contribution is -2.21. The molecule has 0 aliphatic rings. The summed E-state index contributed by atoms with van der Waals surface area (Å²) < 4.78 is 5.81. The number of nitrogens with zero attached hydrogens (tertiary/aromatic N) is 1. The monoisotopic (exact) mass is 306 g/mol. The molecule has 0 fully saturated rings. The summed E-state index contributed by atoms with van der Waals surface area (Å²) in [6.07, 6.45) is 3.66. The van der Waals surface area contributed by atoms with Crippen molar-refractivity contribution in [3.8, 4) is 11.3 Å². The van der Waals surface area contributed by atoms with Gasteiger partial charge in [-0.2, -0.15) is 0 Å². The molecule has 0 saturated carbocycles. The van der Waals surface area contributed by atoms with Crippen LogP contribution >= 0.6 is 11.6 Å². The van der Waals surface area contributed by atoms with E-state index in [0.717, 1.165) is 53.7 Å². The predicted octanol–water partition coefficient (Wildman–Crippen LogP) is 4.48. The van der Waals surface area contributed by atoms with E-state index < -0.39 is 0 Å². The maximum Gasteiger partial charge on any atom is 0.194 e. The maximum absolute atomic E-state index is 6.08. The first-order valence-electron chi connectivity index (χ1n) is 7.47. The molecule has 0 bridgehead atoms. The summed E-state index contributed by atoms with van der Waals surface area (Å²) in [4.78, 5) is 4.35. The molecule has 1 aromatic carbocycles. The van der Waals surface area contributed by atoms with Crippen molar-refractivity contribution >= 4 is 11.6 Å². The molecule has 21 heavy (non-hydrogen) atoms. The quantitative estimate of drug-likeness (QED) is 0.766. The van der Waals surface area contributed by atoms with E-state index >= 15 is 0 Å². The summed E-state index contributed by atoms with van der Waals surface area (Å²) in [5, 5.41) is 4.14. The van der Waals surface area contributed by atoms with Crippen LogP contribution in [0.5, 0.6) is 0 Å². The lowest BCUT2D eigenvalue weighted by Gasteiger charge is -2.05. The van der Waals surface area contributed by atoms with E-state index in [-0.39, 0.29) is 0 Å². The van der Waals surface area contributed by atoms with Crippen LogP contribution in [0.1, 0.15) is 31.7 Å². The topological polar surface area (TPSA) is 38.1 Å². The molecule has 114 valence electrons. The van der Waals surface area contributed by atoms with Gasteiger partial charge in [0.2, 0.25) is 0 Å². The molecule has 3 nitrogen and oxygen atoms in total. The number of benzene rings is 1. The van der Waals surface area contributed by atoms with Gasteiger partial charge in [0.25, 0.3) is 0 Å². The third kappa shape index (κ3) is 5.18. The Hall–Kier alpha value is -1.32. The van der Waals surface area contributed by atoms with Gasteiger partial charge in [-0.3, -0.25) is 0 Å². The average Bonchev–Trinajstić information content (AvgIpc) is 2.85. The van der Waals surface area contributed by atoms with Crippen molar-refractivity contribution in [2.75, 3.05) is 13.1 Å². The van der Waals surface area contributed by atoms with Crippen LogP contribution < -0.4 is 5.32 Å². The molecule has 2 aromatic rings. The van der Waals surface area contributed by atoms with Gasteiger partial charge in [-0.15, -0.1) is 0 Å². The van der Waals surface area contributed by atoms with Crippen molar-refractivity contribution < 1.29 is 4.42 Å². The fourth-order valence-corrected chi connectivity index (χ4v) is 2.48. The molecule has 0 saturated heterocycles. The Morgan fingerprint density at radius 3 is 2.81 bits per heavy atom. The van der Waals surface area contributed by atoms with Gasteiger partial charge in [0, 0.05) is 17.0 Å². The van der Waals surface area contributed by atoms with Crippen LogP contribution in [-0.4, -0.2) is 18.1 Å². The van der Waals surface area contributed by atoms with Crippen molar-refractivity contribution in [1.29, 1.82) is 0 Å². The van der Waals surface area contributed by atoms with Crippen LogP contribution in [0.15, 0.2) is 28.8 Å². The van der Waals surface area contributed by atoms with E-state index in [9.17, 15) is 0 Å². The Balaban J connectivity index is 1.89. The SMILES string of the molecule is Cc1cc(Cl)cc(-c2cnc(CCCNCC(C)C)o2)c1. The minimum Gasteiger partial charge on any atom is -0.441 e. The van der Waals surface area contributed by atoms with Gasteiger partial charge in [-0.05, 0) is 56.1 Å². The Morgan fingerprint density at radius 1 is 1.29 bits per heavy atom. The number of hydrogen-bond acceptors (Lipinski definition) is 3. The lowest BCUT2D eigenvalue weighted by molar-refractivity contribution is 0.483. The zero-order valence-corrected chi connectivity index (χ0v) is 13.7. The Morgan fingerprint density at radius 2 is 2.10 bits per heavy atom. The molecule has 1 heterocycles. The summed E-state index contributed by atoms with van der Waals surface area (Å²) >= 11 is 6.08. The molecule has 0 amide bonds. The Kier molecular flexibility index (Phi) is 5.83. The van der Waals surface area contributed by atoms with Gasteiger partial charge in [-0.25, -0.2) is 4.98 Å². The fourth-order valence-electron chi connectivity index (χ4n) is 2.19. The molecule has 1 N–H and O–H groups in total. The molecule has 0 atom stereocenters. The molecular weight excluding hydrogens is 284 g/mol. The predicted molar refractivity (Wildman–Crippen MR) is 87.7 cm³/mol. The normalized spacial score (nSPS) is 11.3. The van der Waals surface area contributed by atoms with Gasteiger partial charge in [0.15, 0.2) is 11.7 Å². The summed E-state index contributed by atoms with van der Waals surface area (Å²) in [6, 6.07) is 5.89. The van der Waals surface area contributed by atoms with Gasteiger partial charge in [-0.1, -0.05) is 25.4 Å². The molecule has 0 aliphatic carbocycles. The van der Waals surface area contributed by atoms with Gasteiger partial charge in [0.05, 0.1) is 6.20 Å². The zero-order valence-electron chi connectivity index (χ0n) is 12.9. The van der Waals surface area contributed by atoms with Crippen LogP contribution in [0.3, 0.4) is 0 Å². The molecule has 0 spiro atoms. The standard InChI is InChI=1S/C17H23ClN2O/c1-12(2)10-19-6-4-5-17-20-11-16(21-17)14-7-13(3)8-15(18)9-14/h7-9,11-12,19H,4-6,10H2,1-3H3. The number of hydrogen-bond donors (Lipinski definition) is 1. The highest BCUT2D eigenvalue weighted by Gasteiger charge is 2.07. The molecule has 0 radical (unpaired) electrons. The summed E-state index contributed by atoms with van der Waals surface area (Å²) in [5.74, 6) is 2.25. The second-order valence-corrected chi connectivity index (χ2v) is 6.27. The van der Waals surface area contributed by atoms with Gasteiger partial charge in [0.1, 0.15) is 0 Å². The number of aromatic nitrogens is 1. The molecular formula is C17H23ClN2O. The maximum atomic E-state index is 6.08. The molecule has 2 rings (SSSR count). The number of rotatable bonds is 7. The number of halogens is 1. The number of aryl methyl sites for hydroxylation is 2. The minimum atomic E-state index is 0.685. The van der Waals surface area contributed by atoms with Crippen LogP contribution in [0.2, 0.25) is 5.02 Å². The van der Waals surface area contributed by atoms with E-state index in [4.69, 9.17) is 16.0 Å². The number of nitrogens with one attached hydrogen (secondary N) is 1. The van der Waals surface area contributed by atoms with Crippen molar-refractivity contribution in [3.63, 3.8) is 0 Å². The molecule has 0 unspecified atom stereocenters. The number of oxazole rings is 1. The first kappa shape index (κ1) is 16.1. The van der Waals surface area contributed by atoms with Crippen molar-refractivity contribution in [2.45, 2.75) is 33.6 Å². The van der Waals surface area contributed by atoms with Gasteiger partial charge < -0.3 is 9.73 Å². The lowest BCUT2D eigenvalue weighted by atomic mass is 10.1. The third-order valence-corrected chi connectivity index (χ3v) is 3.40. The van der Waals surface area contributed by atoms with Crippen LogP contribution in [-0.2, 0) is 6.42 Å². The van der Waals surface area contributed by atoms with Crippen LogP contribution in [0.4, 0.5) is 0 Å². The highest BCUT2D eigenvalue weighted by Crippen LogP contribution is 2.25. The van der Waals surface area contributed by atoms with E-state index in [0.29, 0.717) is 5.92 Å². The van der Waals surface area contributed by atoms with E-state index in [1.165, 1.54) is 0 Å². The second-order valence-electron chi connectivity index (χ2n) is 5.84. The molecule has 4 heteroatoms. The highest BCUT2D eigenvalue weighted by atomic mass is 35.5. The van der Waals surface area contributed by atoms with Crippen molar-refractivity contribution in [3.05, 3.63) is 40.9 Å². The molecule has 1 aromatic heterocycles. The van der Waals surface area contributed by atoms with E-state index in [1.54, 1.807) is 6.20 Å². The summed E-state index contributed by atoms with van der Waals surface area (Å²) in [5.41, 5.74) is 2.10. The minimum absolute atomic E-state index is 0.685. The first-order valence-corrected chi connectivity index (χ1v) is 7.85. The molecule has 0 aliphatic heterocycles. The van der Waals surface area contributed by atoms with Crippen LogP contribution in [0.25, 0.3) is 11.3 Å². The second kappa shape index (κ2) is 7.62. The summed E-state index contributed by atoms with van der Waals surface area (Å²) in [7, 11) is 0. The highest BCUT2D eigenvalue weighted by molar-refractivity contribution is 6.30. The fraction of sp³-hybridized carbons (Fsp3) is 0.471. The van der Waals surface area contributed by atoms with Crippen molar-refractivity contribution in [1.82, 2.24) is 10.3 Å². The van der Waals surface area contributed by atoms with Crippen molar-refractivity contribution in [2.24, 2.45) is 5.92 Å². The third-order valence-electron chi connectivity index (χ3n) is 3.18. The Labute approximate surface area is 131 Å². The first-order chi connectivity index (χ1) is 10.0. The van der Waals surface area contributed by atoms with E-state index in [1.807, 2.05) is 19.1 Å². The van der Waals surface area contributed by atoms with Crippen LogP contribution in [0, 0.1) is 12.8 Å². The largest absolute Gasteiger partial charge is 0.441 e. The zero-order chi connectivity index (χ0) is 15.2. The Bertz CT molecular complexity index is 558.